The smallest absolute Gasteiger partial charge is 0.107 e. The summed E-state index contributed by atoms with van der Waals surface area (Å²) in [5, 5.41) is 28.2. The van der Waals surface area contributed by atoms with E-state index in [2.05, 4.69) is 0 Å². The van der Waals surface area contributed by atoms with Crippen LogP contribution in [-0.2, 0) is 0 Å². The summed E-state index contributed by atoms with van der Waals surface area (Å²) in [5.74, 6) is 0. The molecule has 0 amide bonds. The van der Waals surface area contributed by atoms with Gasteiger partial charge < -0.3 is 15.9 Å². The molecule has 5 heteroatoms. The predicted molar refractivity (Wildman–Crippen MR) is 56.2 cm³/mol. The normalized spacial score (nSPS) is 14.3. The molecule has 0 aliphatic heterocycles. The molecule has 2 atom stereocenters. The van der Waals surface area contributed by atoms with E-state index in [1.165, 1.54) is 12.1 Å². The lowest BCUT2D eigenvalue weighted by atomic mass is 9.99. The molecule has 80 valence electrons. The molecule has 0 heterocycles. The lowest BCUT2D eigenvalue weighted by molar-refractivity contribution is 0.0242. The second-order valence-electron chi connectivity index (χ2n) is 3.09. The van der Waals surface area contributed by atoms with Crippen molar-refractivity contribution in [2.45, 2.75) is 12.2 Å². The second-order valence-corrected chi connectivity index (χ2v) is 3.53. The van der Waals surface area contributed by atoms with E-state index < -0.39 is 12.2 Å². The Morgan fingerprint density at radius 1 is 1.47 bits per heavy atom. The molecule has 0 saturated heterocycles. The molecule has 1 aromatic rings. The third kappa shape index (κ3) is 2.67. The average molecular weight is 227 g/mol. The van der Waals surface area contributed by atoms with Crippen molar-refractivity contribution in [1.29, 1.82) is 5.26 Å². The van der Waals surface area contributed by atoms with Gasteiger partial charge in [-0.1, -0.05) is 11.6 Å². The molecule has 0 aliphatic rings. The van der Waals surface area contributed by atoms with Gasteiger partial charge in [0.25, 0.3) is 0 Å². The fourth-order valence-electron chi connectivity index (χ4n) is 1.22. The number of nitrogens with zero attached hydrogens (tertiary/aromatic N) is 1. The van der Waals surface area contributed by atoms with Gasteiger partial charge in [0, 0.05) is 17.1 Å². The summed E-state index contributed by atoms with van der Waals surface area (Å²) in [6, 6.07) is 6.40. The molecule has 4 nitrogen and oxygen atoms in total. The van der Waals surface area contributed by atoms with Crippen LogP contribution in [0.15, 0.2) is 18.2 Å². The maximum Gasteiger partial charge on any atom is 0.107 e. The van der Waals surface area contributed by atoms with Gasteiger partial charge in [0.1, 0.15) is 6.10 Å². The van der Waals surface area contributed by atoms with Crippen molar-refractivity contribution in [2.75, 3.05) is 6.54 Å². The van der Waals surface area contributed by atoms with E-state index in [-0.39, 0.29) is 12.1 Å². The fourth-order valence-corrected chi connectivity index (χ4v) is 1.40. The molecule has 1 rings (SSSR count). The van der Waals surface area contributed by atoms with Gasteiger partial charge in [-0.05, 0) is 18.2 Å². The number of aliphatic hydroxyl groups is 2. The molecule has 4 N–H and O–H groups in total. The van der Waals surface area contributed by atoms with Gasteiger partial charge >= 0.3 is 0 Å². The van der Waals surface area contributed by atoms with Crippen LogP contribution in [0, 0.1) is 11.3 Å². The summed E-state index contributed by atoms with van der Waals surface area (Å²) in [6.07, 6.45) is -2.29. The zero-order valence-corrected chi connectivity index (χ0v) is 8.65. The molecule has 0 spiro atoms. The monoisotopic (exact) mass is 226 g/mol. The Morgan fingerprint density at radius 2 is 2.13 bits per heavy atom. The number of nitriles is 1. The summed E-state index contributed by atoms with van der Waals surface area (Å²) in [6.45, 7) is -0.0848. The van der Waals surface area contributed by atoms with E-state index in [0.717, 1.165) is 0 Å². The lowest BCUT2D eigenvalue weighted by Gasteiger charge is -2.17. The molecule has 0 aliphatic carbocycles. The molecular weight excluding hydrogens is 216 g/mol. The molecule has 0 aromatic heterocycles. The van der Waals surface area contributed by atoms with Gasteiger partial charge in [-0.25, -0.2) is 0 Å². The number of hydrogen-bond donors (Lipinski definition) is 3. The van der Waals surface area contributed by atoms with Crippen LogP contribution in [0.25, 0.3) is 0 Å². The minimum absolute atomic E-state index is 0.0848. The number of benzene rings is 1. The first kappa shape index (κ1) is 12.0. The molecule has 0 saturated carbocycles. The van der Waals surface area contributed by atoms with E-state index in [1.54, 1.807) is 6.07 Å². The summed E-state index contributed by atoms with van der Waals surface area (Å²) < 4.78 is 0. The van der Waals surface area contributed by atoms with Crippen LogP contribution in [0.5, 0.6) is 0 Å². The van der Waals surface area contributed by atoms with Crippen LogP contribution in [0.3, 0.4) is 0 Å². The number of nitrogens with two attached hydrogens (primary N) is 1. The number of hydrogen-bond acceptors (Lipinski definition) is 4. The fraction of sp³-hybridized carbons (Fsp3) is 0.300. The van der Waals surface area contributed by atoms with Crippen LogP contribution in [0.1, 0.15) is 17.2 Å². The Bertz CT molecular complexity index is 389. The first-order valence-electron chi connectivity index (χ1n) is 4.36. The highest BCUT2D eigenvalue weighted by molar-refractivity contribution is 6.30. The van der Waals surface area contributed by atoms with Crippen LogP contribution >= 0.6 is 11.6 Å². The summed E-state index contributed by atoms with van der Waals surface area (Å²) in [4.78, 5) is 0. The molecule has 0 bridgehead atoms. The molecule has 1 aromatic carbocycles. The van der Waals surface area contributed by atoms with Gasteiger partial charge in [-0.3, -0.25) is 0 Å². The Labute approximate surface area is 92.5 Å². The van der Waals surface area contributed by atoms with Crippen molar-refractivity contribution in [1.82, 2.24) is 0 Å². The van der Waals surface area contributed by atoms with Crippen molar-refractivity contribution >= 4 is 11.6 Å². The molecule has 15 heavy (non-hydrogen) atoms. The Kier molecular flexibility index (Phi) is 4.06. The first-order valence-corrected chi connectivity index (χ1v) is 4.73. The SMILES string of the molecule is N#Cc1ccc(Cl)cc1C(O)C(O)CN. The topological polar surface area (TPSA) is 90.3 Å². The lowest BCUT2D eigenvalue weighted by Crippen LogP contribution is -2.27. The van der Waals surface area contributed by atoms with Gasteiger partial charge in [-0.15, -0.1) is 0 Å². The van der Waals surface area contributed by atoms with Gasteiger partial charge in [0.05, 0.1) is 17.7 Å². The third-order valence-corrected chi connectivity index (χ3v) is 2.29. The average Bonchev–Trinajstić information content (AvgIpc) is 2.27. The van der Waals surface area contributed by atoms with Gasteiger partial charge in [0.2, 0.25) is 0 Å². The van der Waals surface area contributed by atoms with Crippen molar-refractivity contribution in [3.63, 3.8) is 0 Å². The minimum Gasteiger partial charge on any atom is -0.389 e. The number of rotatable bonds is 3. The van der Waals surface area contributed by atoms with Gasteiger partial charge in [-0.2, -0.15) is 5.26 Å². The van der Waals surface area contributed by atoms with Crippen molar-refractivity contribution in [3.05, 3.63) is 34.3 Å². The maximum atomic E-state index is 9.69. The van der Waals surface area contributed by atoms with Crippen LogP contribution in [0.4, 0.5) is 0 Å². The highest BCUT2D eigenvalue weighted by Crippen LogP contribution is 2.24. The van der Waals surface area contributed by atoms with Gasteiger partial charge in [0.15, 0.2) is 0 Å². The molecule has 0 fully saturated rings. The maximum absolute atomic E-state index is 9.69. The zero-order chi connectivity index (χ0) is 11.4. The van der Waals surface area contributed by atoms with Crippen LogP contribution in [0.2, 0.25) is 5.02 Å². The highest BCUT2D eigenvalue weighted by atomic mass is 35.5. The minimum atomic E-state index is -1.19. The quantitative estimate of drug-likeness (QED) is 0.703. The molecular formula is C10H11ClN2O2. The molecule has 2 unspecified atom stereocenters. The second kappa shape index (κ2) is 5.10. The standard InChI is InChI=1S/C10H11ClN2O2/c11-7-2-1-6(4-12)8(3-7)10(15)9(14)5-13/h1-3,9-10,14-15H,5,13H2. The predicted octanol–water partition coefficient (Wildman–Crippen LogP) is 0.565. The Balaban J connectivity index is 3.12. The third-order valence-electron chi connectivity index (χ3n) is 2.06. The van der Waals surface area contributed by atoms with E-state index in [1.807, 2.05) is 6.07 Å². The van der Waals surface area contributed by atoms with Crippen molar-refractivity contribution in [2.24, 2.45) is 5.73 Å². The van der Waals surface area contributed by atoms with E-state index >= 15 is 0 Å². The largest absolute Gasteiger partial charge is 0.389 e. The zero-order valence-electron chi connectivity index (χ0n) is 7.89. The van der Waals surface area contributed by atoms with Crippen molar-refractivity contribution in [3.8, 4) is 6.07 Å². The van der Waals surface area contributed by atoms with Crippen LogP contribution < -0.4 is 5.73 Å². The van der Waals surface area contributed by atoms with Crippen LogP contribution in [-0.4, -0.2) is 22.9 Å². The summed E-state index contributed by atoms with van der Waals surface area (Å²) in [7, 11) is 0. The number of halogens is 1. The number of aliphatic hydroxyl groups excluding tert-OH is 2. The highest BCUT2D eigenvalue weighted by Gasteiger charge is 2.20. The van der Waals surface area contributed by atoms with Crippen molar-refractivity contribution < 1.29 is 10.2 Å². The Hall–Kier alpha value is -1.12. The summed E-state index contributed by atoms with van der Waals surface area (Å²) in [5.41, 5.74) is 5.79. The van der Waals surface area contributed by atoms with E-state index in [4.69, 9.17) is 22.6 Å². The first-order chi connectivity index (χ1) is 7.10. The van der Waals surface area contributed by atoms with E-state index in [9.17, 15) is 10.2 Å². The Morgan fingerprint density at radius 3 is 2.67 bits per heavy atom. The molecule has 0 radical (unpaired) electrons. The summed E-state index contributed by atoms with van der Waals surface area (Å²) >= 11 is 5.73. The van der Waals surface area contributed by atoms with E-state index in [0.29, 0.717) is 10.6 Å².